The number of aryl methyl sites for hydroxylation is 1. The van der Waals surface area contributed by atoms with Crippen LogP contribution in [0.5, 0.6) is 17.2 Å². The maximum absolute atomic E-state index is 13.4. The van der Waals surface area contributed by atoms with Gasteiger partial charge in [-0.3, -0.25) is 9.69 Å². The summed E-state index contributed by atoms with van der Waals surface area (Å²) in [5.74, 6) is 2.45. The Bertz CT molecular complexity index is 1510. The Morgan fingerprint density at radius 1 is 0.929 bits per heavy atom. The number of fused-ring (bicyclic) bond motifs is 1. The van der Waals surface area contributed by atoms with Crippen molar-refractivity contribution in [1.82, 2.24) is 14.8 Å². The van der Waals surface area contributed by atoms with Gasteiger partial charge in [-0.1, -0.05) is 48.0 Å². The van der Waals surface area contributed by atoms with Crippen LogP contribution in [0.15, 0.2) is 72.1 Å². The molecule has 3 heterocycles. The van der Waals surface area contributed by atoms with Crippen LogP contribution in [0.1, 0.15) is 39.1 Å². The van der Waals surface area contributed by atoms with Crippen molar-refractivity contribution in [1.29, 1.82) is 0 Å². The summed E-state index contributed by atoms with van der Waals surface area (Å²) in [6, 6.07) is 22.8. The van der Waals surface area contributed by atoms with Gasteiger partial charge in [0.05, 0.1) is 18.8 Å². The predicted molar refractivity (Wildman–Crippen MR) is 165 cm³/mol. The molecule has 0 atom stereocenters. The monoisotopic (exact) mass is 584 g/mol. The lowest BCUT2D eigenvalue weighted by Crippen LogP contribution is -2.49. The Kier molecular flexibility index (Phi) is 8.58. The molecule has 42 heavy (non-hydrogen) atoms. The summed E-state index contributed by atoms with van der Waals surface area (Å²) >= 11 is 1.55. The van der Waals surface area contributed by atoms with E-state index in [4.69, 9.17) is 19.2 Å². The molecule has 0 N–H and O–H groups in total. The van der Waals surface area contributed by atoms with Crippen molar-refractivity contribution in [2.75, 3.05) is 44.5 Å². The normalized spacial score (nSPS) is 14.5. The number of thiazole rings is 1. The number of anilines is 1. The smallest absolute Gasteiger partial charge is 0.273 e. The summed E-state index contributed by atoms with van der Waals surface area (Å²) in [5, 5.41) is 2.83. The number of hydrogen-bond donors (Lipinski definition) is 0. The van der Waals surface area contributed by atoms with Gasteiger partial charge in [-0.15, -0.1) is 11.3 Å². The summed E-state index contributed by atoms with van der Waals surface area (Å²) in [6.07, 6.45) is 0. The van der Waals surface area contributed by atoms with Gasteiger partial charge in [-0.25, -0.2) is 4.98 Å². The maximum Gasteiger partial charge on any atom is 0.273 e. The zero-order chi connectivity index (χ0) is 28.9. The first-order valence-corrected chi connectivity index (χ1v) is 15.3. The standard InChI is InChI=1S/C33H36N4O4S/c1-3-39-29-7-5-4-6-28(29)36-14-16-37(17-15-36)33(38)27-22-42-32(34-27)21-35(19-25-10-8-24(2)9-11-25)20-26-12-13-30-31(18-26)41-23-40-30/h4-13,18,22H,3,14-17,19-21,23H2,1-2H3. The van der Waals surface area contributed by atoms with Crippen molar-refractivity contribution in [2.45, 2.75) is 33.5 Å². The molecule has 3 aromatic carbocycles. The van der Waals surface area contributed by atoms with E-state index in [-0.39, 0.29) is 12.7 Å². The Morgan fingerprint density at radius 3 is 2.48 bits per heavy atom. The number of benzene rings is 3. The Balaban J connectivity index is 1.11. The topological polar surface area (TPSA) is 67.4 Å². The molecule has 1 aromatic heterocycles. The Hall–Kier alpha value is -4.08. The molecule has 0 aliphatic carbocycles. The molecular formula is C33H36N4O4S. The molecule has 2 aliphatic heterocycles. The summed E-state index contributed by atoms with van der Waals surface area (Å²) < 4.78 is 16.9. The van der Waals surface area contributed by atoms with Gasteiger partial charge in [0.15, 0.2) is 11.5 Å². The zero-order valence-electron chi connectivity index (χ0n) is 24.1. The van der Waals surface area contributed by atoms with Gasteiger partial charge in [-0.05, 0) is 49.2 Å². The van der Waals surface area contributed by atoms with Crippen LogP contribution in [0.25, 0.3) is 0 Å². The van der Waals surface area contributed by atoms with Crippen molar-refractivity contribution < 1.29 is 19.0 Å². The van der Waals surface area contributed by atoms with Crippen LogP contribution in [-0.2, 0) is 19.6 Å². The summed E-state index contributed by atoms with van der Waals surface area (Å²) in [6.45, 7) is 9.92. The minimum absolute atomic E-state index is 0.00361. The Labute approximate surface area is 251 Å². The number of rotatable bonds is 10. The average molecular weight is 585 g/mol. The number of amides is 1. The van der Waals surface area contributed by atoms with Crippen molar-refractivity contribution in [3.63, 3.8) is 0 Å². The third-order valence-corrected chi connectivity index (χ3v) is 8.41. The van der Waals surface area contributed by atoms with Gasteiger partial charge in [-0.2, -0.15) is 0 Å². The third kappa shape index (κ3) is 6.53. The lowest BCUT2D eigenvalue weighted by molar-refractivity contribution is 0.0741. The molecule has 1 amide bonds. The first kappa shape index (κ1) is 28.1. The molecule has 218 valence electrons. The molecule has 0 unspecified atom stereocenters. The van der Waals surface area contributed by atoms with Gasteiger partial charge in [0, 0.05) is 44.6 Å². The van der Waals surface area contributed by atoms with Crippen LogP contribution in [0.3, 0.4) is 0 Å². The first-order chi connectivity index (χ1) is 20.6. The second kappa shape index (κ2) is 12.8. The number of hydrogen-bond acceptors (Lipinski definition) is 8. The molecular weight excluding hydrogens is 548 g/mol. The second-order valence-electron chi connectivity index (χ2n) is 10.6. The quantitative estimate of drug-likeness (QED) is 0.235. The molecule has 1 fully saturated rings. The molecule has 6 rings (SSSR count). The van der Waals surface area contributed by atoms with Gasteiger partial charge in [0.25, 0.3) is 5.91 Å². The van der Waals surface area contributed by atoms with Gasteiger partial charge < -0.3 is 24.0 Å². The number of carbonyl (C=O) groups is 1. The third-order valence-electron chi connectivity index (χ3n) is 7.57. The lowest BCUT2D eigenvalue weighted by atomic mass is 10.1. The van der Waals surface area contributed by atoms with Crippen molar-refractivity contribution in [3.8, 4) is 17.2 Å². The highest BCUT2D eigenvalue weighted by Crippen LogP contribution is 2.33. The molecule has 8 nitrogen and oxygen atoms in total. The highest BCUT2D eigenvalue weighted by Gasteiger charge is 2.26. The van der Waals surface area contributed by atoms with E-state index >= 15 is 0 Å². The van der Waals surface area contributed by atoms with Crippen molar-refractivity contribution in [3.05, 3.63) is 99.5 Å². The highest BCUT2D eigenvalue weighted by atomic mass is 32.1. The molecule has 0 spiro atoms. The zero-order valence-corrected chi connectivity index (χ0v) is 24.9. The average Bonchev–Trinajstić information content (AvgIpc) is 3.68. The maximum atomic E-state index is 13.4. The number of nitrogens with zero attached hydrogens (tertiary/aromatic N) is 4. The highest BCUT2D eigenvalue weighted by molar-refractivity contribution is 7.09. The minimum Gasteiger partial charge on any atom is -0.492 e. The van der Waals surface area contributed by atoms with Crippen molar-refractivity contribution in [2.24, 2.45) is 0 Å². The van der Waals surface area contributed by atoms with E-state index in [1.54, 1.807) is 11.3 Å². The van der Waals surface area contributed by atoms with Gasteiger partial charge in [0.1, 0.15) is 16.5 Å². The molecule has 0 bridgehead atoms. The fraction of sp³-hybridized carbons (Fsp3) is 0.333. The SMILES string of the molecule is CCOc1ccccc1N1CCN(C(=O)c2csc(CN(Cc3ccc(C)cc3)Cc3ccc4c(c3)OCO4)n2)CC1. The molecule has 0 radical (unpaired) electrons. The molecule has 1 saturated heterocycles. The number of aromatic nitrogens is 1. The molecule has 2 aliphatic rings. The first-order valence-electron chi connectivity index (χ1n) is 14.4. The fourth-order valence-corrected chi connectivity index (χ4v) is 6.21. The van der Waals surface area contributed by atoms with Gasteiger partial charge in [0.2, 0.25) is 6.79 Å². The van der Waals surface area contributed by atoms with E-state index in [9.17, 15) is 4.79 Å². The minimum atomic E-state index is -0.00361. The van der Waals surface area contributed by atoms with Crippen LogP contribution in [-0.4, -0.2) is 60.3 Å². The number of para-hydroxylation sites is 2. The van der Waals surface area contributed by atoms with E-state index in [0.29, 0.717) is 31.9 Å². The summed E-state index contributed by atoms with van der Waals surface area (Å²) in [4.78, 5) is 24.8. The van der Waals surface area contributed by atoms with Gasteiger partial charge >= 0.3 is 0 Å². The number of piperazine rings is 1. The van der Waals surface area contributed by atoms with Crippen LogP contribution >= 0.6 is 11.3 Å². The van der Waals surface area contributed by atoms with E-state index in [1.165, 1.54) is 11.1 Å². The summed E-state index contributed by atoms with van der Waals surface area (Å²) in [5.41, 5.74) is 5.22. The number of carbonyl (C=O) groups excluding carboxylic acids is 1. The van der Waals surface area contributed by atoms with Crippen LogP contribution in [0, 0.1) is 6.92 Å². The van der Waals surface area contributed by atoms with E-state index in [1.807, 2.05) is 47.5 Å². The van der Waals surface area contributed by atoms with Crippen LogP contribution in [0.2, 0.25) is 0 Å². The summed E-state index contributed by atoms with van der Waals surface area (Å²) in [7, 11) is 0. The van der Waals surface area contributed by atoms with Crippen LogP contribution in [0.4, 0.5) is 5.69 Å². The number of ether oxygens (including phenoxy) is 3. The van der Waals surface area contributed by atoms with E-state index in [2.05, 4.69) is 53.1 Å². The lowest BCUT2D eigenvalue weighted by Gasteiger charge is -2.36. The molecule has 0 saturated carbocycles. The van der Waals surface area contributed by atoms with Crippen LogP contribution < -0.4 is 19.1 Å². The second-order valence-corrected chi connectivity index (χ2v) is 11.6. The largest absolute Gasteiger partial charge is 0.492 e. The molecule has 4 aromatic rings. The Morgan fingerprint density at radius 2 is 1.67 bits per heavy atom. The fourth-order valence-electron chi connectivity index (χ4n) is 5.40. The van der Waals surface area contributed by atoms with E-state index in [0.717, 1.165) is 59.7 Å². The van der Waals surface area contributed by atoms with E-state index < -0.39 is 0 Å². The molecule has 9 heteroatoms. The predicted octanol–water partition coefficient (Wildman–Crippen LogP) is 5.74. The van der Waals surface area contributed by atoms with Crippen molar-refractivity contribution >= 4 is 22.9 Å².